The van der Waals surface area contributed by atoms with Crippen LogP contribution in [0.1, 0.15) is 19.6 Å². The van der Waals surface area contributed by atoms with Crippen molar-refractivity contribution in [1.82, 2.24) is 19.4 Å². The highest BCUT2D eigenvalue weighted by Gasteiger charge is 2.41. The number of aromatic nitrogens is 3. The van der Waals surface area contributed by atoms with Crippen molar-refractivity contribution < 1.29 is 23.8 Å². The molecule has 1 fully saturated rings. The van der Waals surface area contributed by atoms with Gasteiger partial charge >= 0.3 is 16.9 Å². The number of ether oxygens (including phenoxy) is 3. The van der Waals surface area contributed by atoms with Crippen LogP contribution in [0.2, 0.25) is 0 Å². The highest BCUT2D eigenvalue weighted by Crippen LogP contribution is 2.33. The number of thiazole rings is 1. The summed E-state index contributed by atoms with van der Waals surface area (Å²) < 4.78 is 18.2. The maximum atomic E-state index is 12.5. The third-order valence-corrected chi connectivity index (χ3v) is 4.73. The molecule has 2 aromatic heterocycles. The van der Waals surface area contributed by atoms with Gasteiger partial charge in [-0.3, -0.25) is 14.2 Å². The Hall–Kier alpha value is -2.73. The summed E-state index contributed by atoms with van der Waals surface area (Å²) >= 11 is 0.933. The summed E-state index contributed by atoms with van der Waals surface area (Å²) in [4.78, 5) is 44.5. The van der Waals surface area contributed by atoms with Crippen LogP contribution in [0.3, 0.4) is 0 Å². The first-order chi connectivity index (χ1) is 12.8. The maximum Gasteiger partial charge on any atom is 0.409 e. The molecule has 0 unspecified atom stereocenters. The van der Waals surface area contributed by atoms with Crippen LogP contribution in [-0.4, -0.2) is 64.4 Å². The van der Waals surface area contributed by atoms with Gasteiger partial charge in [0.05, 0.1) is 17.0 Å². The van der Waals surface area contributed by atoms with Gasteiger partial charge in [0.2, 0.25) is 5.95 Å². The molecular formula is C15H19N5O6S. The van der Waals surface area contributed by atoms with E-state index in [1.54, 1.807) is 14.1 Å². The topological polar surface area (TPSA) is 139 Å². The molecule has 0 radical (unpaired) electrons. The van der Waals surface area contributed by atoms with Crippen LogP contribution in [0, 0.1) is 0 Å². The van der Waals surface area contributed by atoms with E-state index in [0.717, 1.165) is 11.3 Å². The van der Waals surface area contributed by atoms with Crippen molar-refractivity contribution in [2.45, 2.75) is 31.8 Å². The predicted octanol–water partition coefficient (Wildman–Crippen LogP) is 0.353. The summed E-state index contributed by atoms with van der Waals surface area (Å²) in [7, 11) is 3.12. The van der Waals surface area contributed by atoms with E-state index >= 15 is 0 Å². The minimum Gasteiger partial charge on any atom is -0.458 e. The number of carbonyl (C=O) groups is 2. The van der Waals surface area contributed by atoms with Gasteiger partial charge in [-0.2, -0.15) is 4.98 Å². The second-order valence-corrected chi connectivity index (χ2v) is 7.15. The van der Waals surface area contributed by atoms with Crippen LogP contribution in [0.15, 0.2) is 11.0 Å². The normalized spacial score (nSPS) is 22.0. The van der Waals surface area contributed by atoms with Crippen molar-refractivity contribution in [3.05, 3.63) is 15.9 Å². The number of esters is 1. The zero-order chi connectivity index (χ0) is 19.7. The number of fused-ring (bicyclic) bond motifs is 1. The van der Waals surface area contributed by atoms with Crippen molar-refractivity contribution in [1.29, 1.82) is 0 Å². The smallest absolute Gasteiger partial charge is 0.409 e. The molecule has 2 aromatic rings. The Bertz CT molecular complexity index is 925. The van der Waals surface area contributed by atoms with Crippen molar-refractivity contribution in [2.24, 2.45) is 0 Å². The van der Waals surface area contributed by atoms with Gasteiger partial charge < -0.3 is 24.8 Å². The molecule has 0 aromatic carbocycles. The van der Waals surface area contributed by atoms with Crippen LogP contribution >= 0.6 is 11.3 Å². The Morgan fingerprint density at radius 3 is 2.89 bits per heavy atom. The second-order valence-electron chi connectivity index (χ2n) is 6.16. The lowest BCUT2D eigenvalue weighted by molar-refractivity contribution is -0.152. The molecule has 1 amide bonds. The van der Waals surface area contributed by atoms with Gasteiger partial charge in [0, 0.05) is 27.4 Å². The molecule has 1 aliphatic heterocycles. The molecule has 0 saturated carbocycles. The SMILES string of the molecule is CC(=O)O[C@@H]1C[C@@H](COC(=O)N(C)C)O[C@H]1n1c(=O)sc2cnc(N)nc21. The zero-order valence-electron chi connectivity index (χ0n) is 14.9. The standard InChI is InChI=1S/C15H19N5O6S/c1-7(21)25-9-4-8(6-24-14(22)19(2)3)26-12(9)20-11-10(27-15(20)23)5-17-13(16)18-11/h5,8-9,12H,4,6H2,1-3H3,(H2,16,17,18)/t8-,9+,12+/m0/s1. The highest BCUT2D eigenvalue weighted by atomic mass is 32.1. The summed E-state index contributed by atoms with van der Waals surface area (Å²) in [5.41, 5.74) is 5.93. The largest absolute Gasteiger partial charge is 0.458 e. The van der Waals surface area contributed by atoms with Gasteiger partial charge in [-0.25, -0.2) is 9.78 Å². The van der Waals surface area contributed by atoms with E-state index in [2.05, 4.69) is 9.97 Å². The number of hydrogen-bond acceptors (Lipinski definition) is 10. The van der Waals surface area contributed by atoms with E-state index in [-0.39, 0.29) is 23.8 Å². The fourth-order valence-electron chi connectivity index (χ4n) is 2.74. The molecule has 1 aliphatic rings. The third kappa shape index (κ3) is 4.01. The number of nitrogen functional groups attached to an aromatic ring is 1. The summed E-state index contributed by atoms with van der Waals surface area (Å²) in [5.74, 6) is -0.506. The molecule has 3 heterocycles. The fraction of sp³-hybridized carbons (Fsp3) is 0.533. The molecule has 0 bridgehead atoms. The highest BCUT2D eigenvalue weighted by molar-refractivity contribution is 7.16. The van der Waals surface area contributed by atoms with Crippen LogP contribution in [0.5, 0.6) is 0 Å². The quantitative estimate of drug-likeness (QED) is 0.724. The fourth-order valence-corrected chi connectivity index (χ4v) is 3.55. The Kier molecular flexibility index (Phi) is 5.28. The van der Waals surface area contributed by atoms with Gasteiger partial charge in [0.25, 0.3) is 0 Å². The molecule has 1 saturated heterocycles. The van der Waals surface area contributed by atoms with Gasteiger partial charge in [0.1, 0.15) is 12.7 Å². The van der Waals surface area contributed by atoms with E-state index in [1.807, 2.05) is 0 Å². The van der Waals surface area contributed by atoms with Gasteiger partial charge in [0.15, 0.2) is 11.9 Å². The molecule has 146 valence electrons. The molecule has 11 nitrogen and oxygen atoms in total. The van der Waals surface area contributed by atoms with Crippen LogP contribution in [-0.2, 0) is 19.0 Å². The summed E-state index contributed by atoms with van der Waals surface area (Å²) in [6, 6.07) is 0. The molecule has 3 rings (SSSR count). The number of nitrogens with two attached hydrogens (primary N) is 1. The second kappa shape index (κ2) is 7.48. The Balaban J connectivity index is 1.89. The number of rotatable bonds is 4. The number of carbonyl (C=O) groups excluding carboxylic acids is 2. The van der Waals surface area contributed by atoms with Gasteiger partial charge in [-0.15, -0.1) is 0 Å². The molecule has 12 heteroatoms. The minimum atomic E-state index is -0.910. The number of anilines is 1. The van der Waals surface area contributed by atoms with Crippen LogP contribution in [0.4, 0.5) is 10.7 Å². The van der Waals surface area contributed by atoms with Gasteiger partial charge in [-0.1, -0.05) is 11.3 Å². The molecule has 27 heavy (non-hydrogen) atoms. The summed E-state index contributed by atoms with van der Waals surface area (Å²) in [6.45, 7) is 1.23. The van der Waals surface area contributed by atoms with E-state index in [4.69, 9.17) is 19.9 Å². The molecular weight excluding hydrogens is 378 g/mol. The first-order valence-corrected chi connectivity index (χ1v) is 8.88. The van der Waals surface area contributed by atoms with Crippen LogP contribution < -0.4 is 10.6 Å². The molecule has 0 aliphatic carbocycles. The Morgan fingerprint density at radius 1 is 1.48 bits per heavy atom. The van der Waals surface area contributed by atoms with E-state index < -0.39 is 30.5 Å². The van der Waals surface area contributed by atoms with Gasteiger partial charge in [-0.05, 0) is 0 Å². The van der Waals surface area contributed by atoms with Crippen molar-refractivity contribution in [2.75, 3.05) is 26.4 Å². The summed E-state index contributed by atoms with van der Waals surface area (Å²) in [5, 5.41) is 0. The maximum absolute atomic E-state index is 12.5. The average Bonchev–Trinajstić information content (AvgIpc) is 3.11. The molecule has 0 spiro atoms. The number of amides is 1. The first kappa shape index (κ1) is 19.0. The van der Waals surface area contributed by atoms with Crippen LogP contribution in [0.25, 0.3) is 10.3 Å². The molecule has 3 atom stereocenters. The van der Waals surface area contributed by atoms with Crippen molar-refractivity contribution in [3.63, 3.8) is 0 Å². The monoisotopic (exact) mass is 397 g/mol. The lowest BCUT2D eigenvalue weighted by Gasteiger charge is -2.19. The average molecular weight is 397 g/mol. The summed E-state index contributed by atoms with van der Waals surface area (Å²) in [6.07, 6.45) is -1.01. The predicted molar refractivity (Wildman–Crippen MR) is 95.2 cm³/mol. The Labute approximate surface area is 157 Å². The van der Waals surface area contributed by atoms with E-state index in [9.17, 15) is 14.4 Å². The number of nitrogens with zero attached hydrogens (tertiary/aromatic N) is 4. The third-order valence-electron chi connectivity index (χ3n) is 3.85. The molecule has 2 N–H and O–H groups in total. The first-order valence-electron chi connectivity index (χ1n) is 8.06. The van der Waals surface area contributed by atoms with E-state index in [1.165, 1.54) is 22.6 Å². The lowest BCUT2D eigenvalue weighted by Crippen LogP contribution is -2.30. The number of hydrogen-bond donors (Lipinski definition) is 1. The van der Waals surface area contributed by atoms with Crippen molar-refractivity contribution >= 4 is 39.7 Å². The Morgan fingerprint density at radius 2 is 2.22 bits per heavy atom. The lowest BCUT2D eigenvalue weighted by atomic mass is 10.2. The van der Waals surface area contributed by atoms with Crippen molar-refractivity contribution in [3.8, 4) is 0 Å². The zero-order valence-corrected chi connectivity index (χ0v) is 15.8. The minimum absolute atomic E-state index is 0.00699. The van der Waals surface area contributed by atoms with E-state index in [0.29, 0.717) is 10.3 Å².